The van der Waals surface area contributed by atoms with Gasteiger partial charge in [-0.3, -0.25) is 4.90 Å². The normalized spacial score (nSPS) is 16.0. The highest BCUT2D eigenvalue weighted by atomic mass is 19.1. The Labute approximate surface area is 200 Å². The lowest BCUT2D eigenvalue weighted by molar-refractivity contribution is 0.244. The predicted molar refractivity (Wildman–Crippen MR) is 128 cm³/mol. The molecule has 6 nitrogen and oxygen atoms in total. The molecule has 35 heavy (non-hydrogen) atoms. The van der Waals surface area contributed by atoms with Crippen molar-refractivity contribution in [3.8, 4) is 11.4 Å². The highest BCUT2D eigenvalue weighted by Crippen LogP contribution is 2.39. The van der Waals surface area contributed by atoms with E-state index in [0.717, 1.165) is 11.1 Å². The Morgan fingerprint density at radius 2 is 1.66 bits per heavy atom. The summed E-state index contributed by atoms with van der Waals surface area (Å²) < 4.78 is 32.9. The van der Waals surface area contributed by atoms with Crippen LogP contribution >= 0.6 is 0 Å². The number of allylic oxidation sites excluding steroid dienone is 1. The van der Waals surface area contributed by atoms with Gasteiger partial charge in [0.15, 0.2) is 0 Å². The lowest BCUT2D eigenvalue weighted by atomic mass is 9.94. The van der Waals surface area contributed by atoms with E-state index in [-0.39, 0.29) is 23.6 Å². The monoisotopic (exact) mass is 472 g/mol. The third-order valence-corrected chi connectivity index (χ3v) is 6.05. The molecule has 2 heterocycles. The molecule has 0 aliphatic carbocycles. The summed E-state index contributed by atoms with van der Waals surface area (Å²) in [5.41, 5.74) is 4.62. The Morgan fingerprint density at radius 1 is 0.943 bits per heavy atom. The van der Waals surface area contributed by atoms with Crippen molar-refractivity contribution in [1.82, 2.24) is 15.5 Å². The van der Waals surface area contributed by atoms with E-state index in [0.29, 0.717) is 33.9 Å². The third-order valence-electron chi connectivity index (χ3n) is 6.05. The van der Waals surface area contributed by atoms with Crippen molar-refractivity contribution < 1.29 is 18.1 Å². The molecule has 0 bridgehead atoms. The van der Waals surface area contributed by atoms with Gasteiger partial charge in [-0.1, -0.05) is 35.0 Å². The van der Waals surface area contributed by atoms with Gasteiger partial charge in [0, 0.05) is 11.3 Å². The van der Waals surface area contributed by atoms with Gasteiger partial charge in [0.1, 0.15) is 11.6 Å². The number of nitrogens with zero attached hydrogens (tertiary/aromatic N) is 3. The molecule has 0 saturated heterocycles. The number of amides is 2. The van der Waals surface area contributed by atoms with Gasteiger partial charge < -0.3 is 9.84 Å². The van der Waals surface area contributed by atoms with E-state index in [1.54, 1.807) is 38.1 Å². The fourth-order valence-corrected chi connectivity index (χ4v) is 4.16. The van der Waals surface area contributed by atoms with Gasteiger partial charge >= 0.3 is 6.03 Å². The first kappa shape index (κ1) is 22.5. The first-order valence-corrected chi connectivity index (χ1v) is 11.1. The number of aryl methyl sites for hydroxylation is 2. The molecule has 1 aliphatic rings. The molecule has 1 aromatic heterocycles. The fraction of sp³-hybridized carbons (Fsp3) is 0.148. The zero-order chi connectivity index (χ0) is 24.7. The van der Waals surface area contributed by atoms with Crippen molar-refractivity contribution in [2.75, 3.05) is 4.90 Å². The number of halogens is 2. The molecule has 1 N–H and O–H groups in total. The van der Waals surface area contributed by atoms with Gasteiger partial charge in [0.2, 0.25) is 5.82 Å². The zero-order valence-corrected chi connectivity index (χ0v) is 19.3. The number of nitrogens with one attached hydrogen (secondary N) is 1. The van der Waals surface area contributed by atoms with Crippen molar-refractivity contribution in [2.45, 2.75) is 26.8 Å². The van der Waals surface area contributed by atoms with Gasteiger partial charge in [-0.2, -0.15) is 4.98 Å². The molecule has 2 amide bonds. The summed E-state index contributed by atoms with van der Waals surface area (Å²) in [6.07, 6.45) is 0. The number of anilines is 1. The van der Waals surface area contributed by atoms with E-state index >= 15 is 0 Å². The lowest BCUT2D eigenvalue weighted by Gasteiger charge is -2.35. The largest absolute Gasteiger partial charge is 0.334 e. The van der Waals surface area contributed by atoms with Crippen molar-refractivity contribution in [3.05, 3.63) is 107 Å². The second-order valence-electron chi connectivity index (χ2n) is 8.49. The second kappa shape index (κ2) is 8.79. The van der Waals surface area contributed by atoms with E-state index in [1.807, 2.05) is 31.2 Å². The zero-order valence-electron chi connectivity index (χ0n) is 19.3. The number of hydrogen-bond donors (Lipinski definition) is 1. The fourth-order valence-electron chi connectivity index (χ4n) is 4.16. The van der Waals surface area contributed by atoms with Crippen LogP contribution in [0.2, 0.25) is 0 Å². The Bertz CT molecular complexity index is 1440. The van der Waals surface area contributed by atoms with Crippen molar-refractivity contribution in [1.29, 1.82) is 0 Å². The minimum Gasteiger partial charge on any atom is -0.334 e. The quantitative estimate of drug-likeness (QED) is 0.377. The SMILES string of the molecule is CC1=C(c2nc(-c3ccc(F)cc3)no2)C(c2ccc(C)cc2)NC(=O)N1c1ccc(F)c(C)c1. The van der Waals surface area contributed by atoms with Crippen LogP contribution in [0.5, 0.6) is 0 Å². The molecule has 3 aromatic carbocycles. The molecule has 0 saturated carbocycles. The Hall–Kier alpha value is -4.33. The number of rotatable bonds is 4. The summed E-state index contributed by atoms with van der Waals surface area (Å²) in [7, 11) is 0. The van der Waals surface area contributed by atoms with E-state index in [4.69, 9.17) is 4.52 Å². The molecule has 176 valence electrons. The van der Waals surface area contributed by atoms with Gasteiger partial charge in [0.05, 0.1) is 17.3 Å². The van der Waals surface area contributed by atoms with Gasteiger partial charge in [0.25, 0.3) is 5.89 Å². The second-order valence-corrected chi connectivity index (χ2v) is 8.49. The Morgan fingerprint density at radius 3 is 2.34 bits per heavy atom. The van der Waals surface area contributed by atoms with E-state index in [1.165, 1.54) is 23.1 Å². The molecule has 8 heteroatoms. The molecule has 1 aliphatic heterocycles. The number of carbonyl (C=O) groups is 1. The first-order chi connectivity index (χ1) is 16.8. The highest BCUT2D eigenvalue weighted by molar-refractivity contribution is 6.01. The standard InChI is InChI=1S/C27H22F2N4O2/c1-15-4-6-18(7-5-15)24-23(26-31-25(32-35-26)19-8-10-20(28)11-9-19)17(3)33(27(34)30-24)21-12-13-22(29)16(2)14-21/h4-14,24H,1-3H3,(H,30,34). The number of benzene rings is 3. The molecule has 0 fully saturated rings. The minimum atomic E-state index is -0.553. The summed E-state index contributed by atoms with van der Waals surface area (Å²) in [6.45, 7) is 5.41. The Kier molecular flexibility index (Phi) is 5.64. The maximum absolute atomic E-state index is 13.9. The van der Waals surface area contributed by atoms with Crippen LogP contribution in [0.4, 0.5) is 19.3 Å². The number of aromatic nitrogens is 2. The van der Waals surface area contributed by atoms with Crippen molar-refractivity contribution in [3.63, 3.8) is 0 Å². The maximum atomic E-state index is 13.9. The number of carbonyl (C=O) groups excluding carboxylic acids is 1. The highest BCUT2D eigenvalue weighted by Gasteiger charge is 2.36. The first-order valence-electron chi connectivity index (χ1n) is 11.1. The van der Waals surface area contributed by atoms with Crippen molar-refractivity contribution >= 4 is 17.3 Å². The van der Waals surface area contributed by atoms with Crippen LogP contribution in [-0.2, 0) is 0 Å². The molecule has 0 radical (unpaired) electrons. The summed E-state index contributed by atoms with van der Waals surface area (Å²) in [5, 5.41) is 7.12. The molecule has 1 atom stereocenters. The summed E-state index contributed by atoms with van der Waals surface area (Å²) in [5.74, 6) is -0.206. The third kappa shape index (κ3) is 4.19. The lowest BCUT2D eigenvalue weighted by Crippen LogP contribution is -2.46. The van der Waals surface area contributed by atoms with Crippen LogP contribution in [-0.4, -0.2) is 16.2 Å². The topological polar surface area (TPSA) is 71.3 Å². The molecule has 0 spiro atoms. The van der Waals surface area contributed by atoms with Crippen molar-refractivity contribution in [2.24, 2.45) is 0 Å². The van der Waals surface area contributed by atoms with E-state index < -0.39 is 6.04 Å². The average Bonchev–Trinajstić information content (AvgIpc) is 3.31. The van der Waals surface area contributed by atoms with Gasteiger partial charge in [-0.15, -0.1) is 0 Å². The van der Waals surface area contributed by atoms with Crippen LogP contribution in [0.1, 0.15) is 35.5 Å². The molecule has 1 unspecified atom stereocenters. The van der Waals surface area contributed by atoms with Crippen LogP contribution in [0, 0.1) is 25.5 Å². The van der Waals surface area contributed by atoms with Crippen LogP contribution in [0.15, 0.2) is 77.0 Å². The maximum Gasteiger partial charge on any atom is 0.326 e. The molecular weight excluding hydrogens is 450 g/mol. The van der Waals surface area contributed by atoms with Crippen LogP contribution in [0.25, 0.3) is 17.0 Å². The van der Waals surface area contributed by atoms with Crippen LogP contribution in [0.3, 0.4) is 0 Å². The van der Waals surface area contributed by atoms with E-state index in [9.17, 15) is 13.6 Å². The summed E-state index contributed by atoms with van der Waals surface area (Å²) in [6, 6.07) is 17.1. The van der Waals surface area contributed by atoms with Gasteiger partial charge in [-0.25, -0.2) is 13.6 Å². The molecule has 4 aromatic rings. The summed E-state index contributed by atoms with van der Waals surface area (Å²) >= 11 is 0. The van der Waals surface area contributed by atoms with Crippen LogP contribution < -0.4 is 10.2 Å². The minimum absolute atomic E-state index is 0.219. The smallest absolute Gasteiger partial charge is 0.326 e. The van der Waals surface area contributed by atoms with E-state index in [2.05, 4.69) is 15.5 Å². The molecule has 5 rings (SSSR count). The summed E-state index contributed by atoms with van der Waals surface area (Å²) in [4.78, 5) is 19.3. The Balaban J connectivity index is 1.65. The van der Waals surface area contributed by atoms with Gasteiger partial charge in [-0.05, 0) is 74.4 Å². The number of hydrogen-bond acceptors (Lipinski definition) is 4. The number of urea groups is 1. The molecular formula is C27H22F2N4O2. The average molecular weight is 472 g/mol. The predicted octanol–water partition coefficient (Wildman–Crippen LogP) is 6.33.